The van der Waals surface area contributed by atoms with E-state index in [0.717, 1.165) is 22.3 Å². The first-order valence-electron chi connectivity index (χ1n) is 14.7. The van der Waals surface area contributed by atoms with Gasteiger partial charge in [-0.15, -0.1) is 0 Å². The zero-order chi connectivity index (χ0) is 34.2. The van der Waals surface area contributed by atoms with Crippen LogP contribution < -0.4 is 0 Å². The van der Waals surface area contributed by atoms with Crippen LogP contribution in [-0.2, 0) is 36.8 Å². The first-order valence-corrected chi connectivity index (χ1v) is 18.4. The van der Waals surface area contributed by atoms with Crippen molar-refractivity contribution in [2.45, 2.75) is 118 Å². The summed E-state index contributed by atoms with van der Waals surface area (Å²) < 4.78 is 3.98. The molecule has 0 aliphatic rings. The number of benzene rings is 3. The number of phenolic OH excluding ortho intramolecular Hbond substituents is 2. The molecule has 3 aromatic rings. The summed E-state index contributed by atoms with van der Waals surface area (Å²) >= 11 is 16.7. The molecule has 3 rings (SSSR count). The van der Waals surface area contributed by atoms with Crippen molar-refractivity contribution >= 4 is 50.3 Å². The molecule has 3 aromatic carbocycles. The predicted molar refractivity (Wildman–Crippen MR) is 188 cm³/mol. The van der Waals surface area contributed by atoms with Crippen LogP contribution in [0.4, 0.5) is 5.69 Å². The first-order chi connectivity index (χ1) is 19.8. The van der Waals surface area contributed by atoms with Crippen molar-refractivity contribution < 1.29 is 25.4 Å². The third-order valence-corrected chi connectivity index (χ3v) is 9.22. The fraction of sp³-hybridized carbons (Fsp3) is 0.500. The average molecular weight is 720 g/mol. The molecule has 3 nitrogen and oxygen atoms in total. The van der Waals surface area contributed by atoms with Crippen LogP contribution in [0, 0.1) is 0 Å². The van der Waals surface area contributed by atoms with Gasteiger partial charge >= 0.3 is 96.5 Å². The molecule has 0 saturated carbocycles. The van der Waals surface area contributed by atoms with Gasteiger partial charge in [0.1, 0.15) is 11.5 Å². The summed E-state index contributed by atoms with van der Waals surface area (Å²) in [7, 11) is 5.50. The van der Waals surface area contributed by atoms with E-state index < -0.39 is 15.1 Å². The van der Waals surface area contributed by atoms with E-state index in [9.17, 15) is 10.2 Å². The Hall–Kier alpha value is -1.20. The van der Waals surface area contributed by atoms with Gasteiger partial charge in [-0.1, -0.05) is 114 Å². The molecule has 2 N–H and O–H groups in total. The molecule has 0 saturated heterocycles. The van der Waals surface area contributed by atoms with Crippen LogP contribution in [0.3, 0.4) is 0 Å². The fourth-order valence-corrected chi connectivity index (χ4v) is 6.68. The number of hydrogen-bond donors (Lipinski definition) is 2. The van der Waals surface area contributed by atoms with Crippen molar-refractivity contribution in [1.29, 1.82) is 0 Å². The summed E-state index contributed by atoms with van der Waals surface area (Å²) in [6, 6.07) is 11.7. The van der Waals surface area contributed by atoms with E-state index in [0.29, 0.717) is 32.3 Å². The molecule has 242 valence electrons. The number of aromatic hydroxyl groups is 2. The fourth-order valence-electron chi connectivity index (χ4n) is 4.82. The van der Waals surface area contributed by atoms with Crippen LogP contribution in [0.2, 0.25) is 15.1 Å². The zero-order valence-electron chi connectivity index (χ0n) is 28.3. The average Bonchev–Trinajstić information content (AvgIpc) is 2.83. The van der Waals surface area contributed by atoms with Crippen LogP contribution >= 0.6 is 44.7 Å². The number of halogens is 4. The molecule has 0 bridgehead atoms. The Morgan fingerprint density at radius 1 is 0.591 bits per heavy atom. The van der Waals surface area contributed by atoms with E-state index in [1.54, 1.807) is 12.1 Å². The van der Waals surface area contributed by atoms with E-state index in [-0.39, 0.29) is 27.6 Å². The summed E-state index contributed by atoms with van der Waals surface area (Å²) in [4.78, 5) is 0. The maximum atomic E-state index is 11.4. The van der Waals surface area contributed by atoms with Gasteiger partial charge in [-0.3, -0.25) is 0 Å². The van der Waals surface area contributed by atoms with Crippen molar-refractivity contribution in [3.8, 4) is 11.5 Å². The van der Waals surface area contributed by atoms with Gasteiger partial charge in [-0.25, -0.2) is 0 Å². The Bertz CT molecular complexity index is 1420. The van der Waals surface area contributed by atoms with E-state index in [4.69, 9.17) is 44.7 Å². The Labute approximate surface area is 291 Å². The van der Waals surface area contributed by atoms with Gasteiger partial charge in [-0.2, -0.15) is 0 Å². The van der Waals surface area contributed by atoms with E-state index in [2.05, 4.69) is 118 Å². The molecule has 0 fully saturated rings. The van der Waals surface area contributed by atoms with E-state index >= 15 is 0 Å². The molecule has 0 radical (unpaired) electrons. The van der Waals surface area contributed by atoms with Gasteiger partial charge in [0.25, 0.3) is 0 Å². The third-order valence-electron chi connectivity index (χ3n) is 7.68. The summed E-state index contributed by atoms with van der Waals surface area (Å²) in [6.07, 6.45) is 0. The Kier molecular flexibility index (Phi) is 12.7. The molecule has 0 aromatic heterocycles. The normalized spacial score (nSPS) is 13.0. The Morgan fingerprint density at radius 3 is 1.20 bits per heavy atom. The monoisotopic (exact) mass is 717 g/mol. The number of phenols is 2. The van der Waals surface area contributed by atoms with Gasteiger partial charge in [0.15, 0.2) is 0 Å². The maximum absolute atomic E-state index is 11.4. The SMILES string of the molecule is CC(c1cc(C(C)(C)C)cc(C(C)(C)C)c1O)c1cc(C(C)(C)C)cc(C(C)(C)C)c1O.[Cl][V]=[N]c1c(Cl)cc(Cl)cc1Cl. The molecule has 0 aliphatic carbocycles. The van der Waals surface area contributed by atoms with Crippen LogP contribution in [0.5, 0.6) is 11.5 Å². The number of hydrogen-bond acceptors (Lipinski definition) is 3. The second kappa shape index (κ2) is 14.3. The summed E-state index contributed by atoms with van der Waals surface area (Å²) in [6.45, 7) is 28.1. The standard InChI is InChI=1S/C30H46O2.C6H2Cl3N.ClH.V/c1-18(21-14-19(27(2,3)4)16-23(25(21)31)29(8,9)10)22-15-20(28(5,6)7)17-24(26(22)32)30(11,12)13;7-3-1-4(8)6(10)5(9)2-3;;/h14-18,31-32H,1-13H3;1-2H;1H;/q;;;+1/p-1. The van der Waals surface area contributed by atoms with Crippen LogP contribution in [-0.4, -0.2) is 10.2 Å². The molecule has 0 spiro atoms. The van der Waals surface area contributed by atoms with Gasteiger partial charge in [0.05, 0.1) is 0 Å². The molecule has 44 heavy (non-hydrogen) atoms. The molecule has 0 atom stereocenters. The summed E-state index contributed by atoms with van der Waals surface area (Å²) in [5.74, 6) is 0.536. The summed E-state index contributed by atoms with van der Waals surface area (Å²) in [5, 5.41) is 24.2. The van der Waals surface area contributed by atoms with Crippen molar-refractivity contribution in [2.75, 3.05) is 0 Å². The van der Waals surface area contributed by atoms with Gasteiger partial charge in [0.2, 0.25) is 0 Å². The topological polar surface area (TPSA) is 52.8 Å². The zero-order valence-corrected chi connectivity index (χ0v) is 32.8. The second-order valence-electron chi connectivity index (χ2n) is 15.5. The Balaban J connectivity index is 0.000000469. The third kappa shape index (κ3) is 9.66. The van der Waals surface area contributed by atoms with Crippen molar-refractivity contribution in [2.24, 2.45) is 3.79 Å². The first kappa shape index (κ1) is 39.0. The quantitative estimate of drug-likeness (QED) is 0.283. The van der Waals surface area contributed by atoms with Crippen molar-refractivity contribution in [3.63, 3.8) is 0 Å². The van der Waals surface area contributed by atoms with E-state index in [1.165, 1.54) is 11.1 Å². The van der Waals surface area contributed by atoms with Crippen LogP contribution in [0.1, 0.15) is 129 Å². The molecule has 0 heterocycles. The minimum absolute atomic E-state index is 0.0476. The van der Waals surface area contributed by atoms with Gasteiger partial charge < -0.3 is 10.2 Å². The molecule has 0 unspecified atom stereocenters. The van der Waals surface area contributed by atoms with Crippen LogP contribution in [0.25, 0.3) is 0 Å². The van der Waals surface area contributed by atoms with Crippen LogP contribution in [0.15, 0.2) is 40.2 Å². The second-order valence-corrected chi connectivity index (χ2v) is 18.0. The molecule has 8 heteroatoms. The Morgan fingerprint density at radius 2 is 0.932 bits per heavy atom. The summed E-state index contributed by atoms with van der Waals surface area (Å²) in [5.41, 5.74) is 6.11. The molecular weight excluding hydrogens is 671 g/mol. The van der Waals surface area contributed by atoms with E-state index in [1.807, 2.05) is 0 Å². The van der Waals surface area contributed by atoms with Crippen molar-refractivity contribution in [3.05, 3.63) is 84.8 Å². The molecular formula is C36H48Cl4NO2V. The number of nitrogens with zero attached hydrogens (tertiary/aromatic N) is 1. The van der Waals surface area contributed by atoms with Gasteiger partial charge in [-0.05, 0) is 43.9 Å². The van der Waals surface area contributed by atoms with Gasteiger partial charge in [0, 0.05) is 17.0 Å². The number of rotatable bonds is 3. The minimum atomic E-state index is -0.603. The van der Waals surface area contributed by atoms with Crippen molar-refractivity contribution in [1.82, 2.24) is 0 Å². The molecule has 0 amide bonds. The molecule has 0 aliphatic heterocycles. The predicted octanol–water partition coefficient (Wildman–Crippen LogP) is 13.1.